The first kappa shape index (κ1) is 16.7. The molecule has 0 aliphatic rings. The topological polar surface area (TPSA) is 106 Å². The second-order valence-corrected chi connectivity index (χ2v) is 4.25. The molecule has 8 nitrogen and oxygen atoms in total. The van der Waals surface area contributed by atoms with E-state index in [4.69, 9.17) is 20.8 Å². The van der Waals surface area contributed by atoms with E-state index in [0.717, 1.165) is 12.8 Å². The lowest BCUT2D eigenvalue weighted by Gasteiger charge is -2.31. The molecule has 0 fully saturated rings. The monoisotopic (exact) mass is 254 g/mol. The summed E-state index contributed by atoms with van der Waals surface area (Å²) in [6, 6.07) is 0. The Morgan fingerprint density at radius 3 is 1.94 bits per heavy atom. The minimum Gasteiger partial charge on any atom is -0.266 e. The largest absolute Gasteiger partial charge is 0.266 e. The van der Waals surface area contributed by atoms with Gasteiger partial charge in [-0.15, -0.1) is 0 Å². The van der Waals surface area contributed by atoms with Crippen molar-refractivity contribution in [1.29, 1.82) is 0 Å². The maximum atomic E-state index is 8.60. The van der Waals surface area contributed by atoms with E-state index in [1.165, 1.54) is 0 Å². The first-order valence-corrected chi connectivity index (χ1v) is 5.48. The number of hydrogen-bond acceptors (Lipinski definition) is 8. The van der Waals surface area contributed by atoms with Crippen LogP contribution in [-0.2, 0) is 9.68 Å². The standard InChI is InChI=1S/C9H22N2O6/c1-4-9(3,5-2)6-8(17-11(14)15)7-16-10(12)13/h8,12-15H,4-7H2,1-3H3/t8-/m0/s1. The molecular formula is C9H22N2O6. The van der Waals surface area contributed by atoms with Crippen molar-refractivity contribution in [2.45, 2.75) is 46.1 Å². The van der Waals surface area contributed by atoms with Gasteiger partial charge in [0.2, 0.25) is 0 Å². The lowest BCUT2D eigenvalue weighted by molar-refractivity contribution is -0.528. The molecule has 0 radical (unpaired) electrons. The van der Waals surface area contributed by atoms with Gasteiger partial charge in [0.15, 0.2) is 0 Å². The summed E-state index contributed by atoms with van der Waals surface area (Å²) in [4.78, 5) is 9.08. The summed E-state index contributed by atoms with van der Waals surface area (Å²) in [6.07, 6.45) is 1.52. The summed E-state index contributed by atoms with van der Waals surface area (Å²) in [7, 11) is 0. The molecule has 0 amide bonds. The first-order chi connectivity index (χ1) is 7.83. The summed E-state index contributed by atoms with van der Waals surface area (Å²) in [5, 5.41) is 33.2. The molecule has 0 spiro atoms. The zero-order valence-corrected chi connectivity index (χ0v) is 10.4. The third-order valence-corrected chi connectivity index (χ3v) is 3.05. The van der Waals surface area contributed by atoms with E-state index >= 15 is 0 Å². The Labute approximate surface area is 100 Å². The van der Waals surface area contributed by atoms with Gasteiger partial charge in [-0.25, -0.2) is 9.68 Å². The Morgan fingerprint density at radius 2 is 1.59 bits per heavy atom. The van der Waals surface area contributed by atoms with Crippen LogP contribution in [0.3, 0.4) is 0 Å². The van der Waals surface area contributed by atoms with Gasteiger partial charge in [0.1, 0.15) is 12.7 Å². The Hall–Kier alpha value is -0.320. The predicted molar refractivity (Wildman–Crippen MR) is 55.0 cm³/mol. The number of rotatable bonds is 9. The van der Waals surface area contributed by atoms with Crippen molar-refractivity contribution >= 4 is 0 Å². The fourth-order valence-electron chi connectivity index (χ4n) is 1.50. The van der Waals surface area contributed by atoms with Crippen LogP contribution in [0.2, 0.25) is 0 Å². The van der Waals surface area contributed by atoms with Gasteiger partial charge < -0.3 is 0 Å². The summed E-state index contributed by atoms with van der Waals surface area (Å²) in [5.74, 6) is 0. The van der Waals surface area contributed by atoms with E-state index in [9.17, 15) is 0 Å². The van der Waals surface area contributed by atoms with Gasteiger partial charge in [0.05, 0.1) is 10.8 Å². The van der Waals surface area contributed by atoms with E-state index < -0.39 is 16.9 Å². The molecule has 1 atom stereocenters. The van der Waals surface area contributed by atoms with Crippen LogP contribution >= 0.6 is 0 Å². The van der Waals surface area contributed by atoms with Crippen molar-refractivity contribution < 1.29 is 30.5 Å². The molecule has 0 aromatic rings. The van der Waals surface area contributed by atoms with Crippen molar-refractivity contribution in [3.63, 3.8) is 0 Å². The third kappa shape index (κ3) is 7.58. The summed E-state index contributed by atoms with van der Waals surface area (Å²) < 4.78 is 0. The van der Waals surface area contributed by atoms with Crippen LogP contribution in [0.1, 0.15) is 40.0 Å². The van der Waals surface area contributed by atoms with E-state index in [2.05, 4.69) is 9.68 Å². The van der Waals surface area contributed by atoms with Gasteiger partial charge >= 0.3 is 0 Å². The van der Waals surface area contributed by atoms with Gasteiger partial charge in [-0.3, -0.25) is 20.8 Å². The highest BCUT2D eigenvalue weighted by Crippen LogP contribution is 2.32. The maximum Gasteiger partial charge on any atom is 0.110 e. The fraction of sp³-hybridized carbons (Fsp3) is 1.00. The van der Waals surface area contributed by atoms with Crippen LogP contribution in [0.25, 0.3) is 0 Å². The van der Waals surface area contributed by atoms with Crippen LogP contribution in [0.15, 0.2) is 0 Å². The van der Waals surface area contributed by atoms with Crippen LogP contribution in [-0.4, -0.2) is 44.3 Å². The molecule has 0 aliphatic carbocycles. The normalized spacial score (nSPS) is 14.6. The molecule has 0 saturated heterocycles. The Bertz CT molecular complexity index is 198. The molecule has 0 bridgehead atoms. The minimum atomic E-state index is -0.711. The van der Waals surface area contributed by atoms with Crippen LogP contribution in [0, 0.1) is 5.41 Å². The Kier molecular flexibility index (Phi) is 7.75. The van der Waals surface area contributed by atoms with E-state index in [1.54, 1.807) is 0 Å². The Balaban J connectivity index is 4.35. The van der Waals surface area contributed by atoms with Gasteiger partial charge in [0, 0.05) is 0 Å². The molecular weight excluding hydrogens is 232 g/mol. The quantitative estimate of drug-likeness (QED) is 0.460. The molecule has 0 aromatic carbocycles. The van der Waals surface area contributed by atoms with Crippen molar-refractivity contribution in [2.24, 2.45) is 5.41 Å². The predicted octanol–water partition coefficient (Wildman–Crippen LogP) is 1.60. The van der Waals surface area contributed by atoms with Gasteiger partial charge in [0.25, 0.3) is 0 Å². The highest BCUT2D eigenvalue weighted by Gasteiger charge is 2.27. The summed E-state index contributed by atoms with van der Waals surface area (Å²) in [6.45, 7) is 5.83. The van der Waals surface area contributed by atoms with Crippen LogP contribution < -0.4 is 0 Å². The molecule has 0 heterocycles. The van der Waals surface area contributed by atoms with Gasteiger partial charge in [-0.2, -0.15) is 0 Å². The highest BCUT2D eigenvalue weighted by atomic mass is 17.1. The molecule has 0 unspecified atom stereocenters. The molecule has 0 aliphatic heterocycles. The maximum absolute atomic E-state index is 8.60. The van der Waals surface area contributed by atoms with E-state index in [0.29, 0.717) is 6.42 Å². The molecule has 4 N–H and O–H groups in total. The summed E-state index contributed by atoms with van der Waals surface area (Å²) in [5.41, 5.74) is -0.0558. The summed E-state index contributed by atoms with van der Waals surface area (Å²) >= 11 is 0. The average Bonchev–Trinajstić information content (AvgIpc) is 2.25. The van der Waals surface area contributed by atoms with Crippen molar-refractivity contribution in [3.05, 3.63) is 0 Å². The second-order valence-electron chi connectivity index (χ2n) is 4.25. The molecule has 0 rings (SSSR count). The Morgan fingerprint density at radius 1 is 1.06 bits per heavy atom. The minimum absolute atomic E-state index is 0.0558. The average molecular weight is 254 g/mol. The highest BCUT2D eigenvalue weighted by molar-refractivity contribution is 4.75. The van der Waals surface area contributed by atoms with E-state index in [-0.39, 0.29) is 12.0 Å². The van der Waals surface area contributed by atoms with Crippen molar-refractivity contribution in [2.75, 3.05) is 6.61 Å². The SMILES string of the molecule is CCC(C)(CC)C[C@@H](CON(O)O)ON(O)O. The smallest absolute Gasteiger partial charge is 0.110 e. The van der Waals surface area contributed by atoms with E-state index in [1.807, 2.05) is 20.8 Å². The molecule has 104 valence electrons. The van der Waals surface area contributed by atoms with Gasteiger partial charge in [-0.1, -0.05) is 33.6 Å². The molecule has 0 aromatic heterocycles. The van der Waals surface area contributed by atoms with Crippen molar-refractivity contribution in [3.8, 4) is 0 Å². The number of hydrogen-bond donors (Lipinski definition) is 4. The second kappa shape index (κ2) is 7.90. The molecule has 0 saturated carbocycles. The zero-order chi connectivity index (χ0) is 13.5. The zero-order valence-electron chi connectivity index (χ0n) is 10.4. The molecule has 8 heteroatoms. The molecule has 17 heavy (non-hydrogen) atoms. The number of nitrogens with zero attached hydrogens (tertiary/aromatic N) is 2. The van der Waals surface area contributed by atoms with Crippen LogP contribution in [0.4, 0.5) is 0 Å². The first-order valence-electron chi connectivity index (χ1n) is 5.48. The van der Waals surface area contributed by atoms with Crippen LogP contribution in [0.5, 0.6) is 0 Å². The third-order valence-electron chi connectivity index (χ3n) is 3.05. The lowest BCUT2D eigenvalue weighted by atomic mass is 9.79. The lowest BCUT2D eigenvalue weighted by Crippen LogP contribution is -2.35. The van der Waals surface area contributed by atoms with Gasteiger partial charge in [-0.05, 0) is 11.8 Å². The van der Waals surface area contributed by atoms with Crippen molar-refractivity contribution in [1.82, 2.24) is 10.8 Å². The fourth-order valence-corrected chi connectivity index (χ4v) is 1.50.